The summed E-state index contributed by atoms with van der Waals surface area (Å²) in [6.07, 6.45) is 3.22. The van der Waals surface area contributed by atoms with Gasteiger partial charge in [-0.05, 0) is 62.9 Å². The molecule has 1 aromatic carbocycles. The van der Waals surface area contributed by atoms with Crippen molar-refractivity contribution in [3.63, 3.8) is 0 Å². The highest BCUT2D eigenvalue weighted by atomic mass is 19.1. The van der Waals surface area contributed by atoms with Crippen molar-refractivity contribution in [2.24, 2.45) is 0 Å². The molecule has 0 aliphatic rings. The van der Waals surface area contributed by atoms with Crippen molar-refractivity contribution >= 4 is 0 Å². The van der Waals surface area contributed by atoms with E-state index in [9.17, 15) is 4.39 Å². The van der Waals surface area contributed by atoms with Crippen molar-refractivity contribution in [3.8, 4) is 0 Å². The molecule has 0 saturated heterocycles. The maximum absolute atomic E-state index is 13.0. The second-order valence-electron chi connectivity index (χ2n) is 4.42. The Bertz CT molecular complexity index is 323. The van der Waals surface area contributed by atoms with E-state index in [1.165, 1.54) is 11.6 Å². The van der Waals surface area contributed by atoms with Gasteiger partial charge < -0.3 is 5.32 Å². The van der Waals surface area contributed by atoms with Gasteiger partial charge in [-0.15, -0.1) is 0 Å². The van der Waals surface area contributed by atoms with E-state index in [-0.39, 0.29) is 5.82 Å². The summed E-state index contributed by atoms with van der Waals surface area (Å²) in [6.45, 7) is 7.37. The summed E-state index contributed by atoms with van der Waals surface area (Å²) in [4.78, 5) is 0. The summed E-state index contributed by atoms with van der Waals surface area (Å²) in [6, 6.07) is 5.60. The number of hydrogen-bond donors (Lipinski definition) is 1. The predicted octanol–water partition coefficient (Wildman–Crippen LogP) is 3.45. The maximum atomic E-state index is 13.0. The number of aryl methyl sites for hydroxylation is 2. The van der Waals surface area contributed by atoms with E-state index in [1.54, 1.807) is 6.07 Å². The number of hydrogen-bond acceptors (Lipinski definition) is 1. The number of benzene rings is 1. The highest BCUT2D eigenvalue weighted by Crippen LogP contribution is 2.13. The van der Waals surface area contributed by atoms with Crippen molar-refractivity contribution in [3.05, 3.63) is 35.1 Å². The van der Waals surface area contributed by atoms with Crippen molar-refractivity contribution < 1.29 is 4.39 Å². The summed E-state index contributed by atoms with van der Waals surface area (Å²) < 4.78 is 13.0. The van der Waals surface area contributed by atoms with Crippen LogP contribution in [0.3, 0.4) is 0 Å². The van der Waals surface area contributed by atoms with E-state index >= 15 is 0 Å². The molecule has 1 N–H and O–H groups in total. The summed E-state index contributed by atoms with van der Waals surface area (Å²) in [7, 11) is 0. The molecule has 0 fully saturated rings. The van der Waals surface area contributed by atoms with Crippen LogP contribution in [0, 0.1) is 12.7 Å². The molecule has 0 aliphatic carbocycles. The molecule has 1 atom stereocenters. The predicted molar refractivity (Wildman–Crippen MR) is 67.2 cm³/mol. The average Bonchev–Trinajstić information content (AvgIpc) is 2.23. The fraction of sp³-hybridized carbons (Fsp3) is 0.571. The fourth-order valence-corrected chi connectivity index (χ4v) is 1.96. The first-order valence-electron chi connectivity index (χ1n) is 6.12. The Morgan fingerprint density at radius 3 is 2.81 bits per heavy atom. The van der Waals surface area contributed by atoms with Crippen molar-refractivity contribution in [1.82, 2.24) is 5.32 Å². The molecule has 2 heteroatoms. The molecule has 0 spiro atoms. The SMILES string of the molecule is CCNC(C)CCCc1cc(F)ccc1C. The summed E-state index contributed by atoms with van der Waals surface area (Å²) in [5.74, 6) is -0.125. The quantitative estimate of drug-likeness (QED) is 0.779. The van der Waals surface area contributed by atoms with Gasteiger partial charge in [-0.3, -0.25) is 0 Å². The Morgan fingerprint density at radius 1 is 1.38 bits per heavy atom. The lowest BCUT2D eigenvalue weighted by Crippen LogP contribution is -2.25. The van der Waals surface area contributed by atoms with Gasteiger partial charge in [0, 0.05) is 6.04 Å². The van der Waals surface area contributed by atoms with Crippen LogP contribution in [0.2, 0.25) is 0 Å². The average molecular weight is 223 g/mol. The Hall–Kier alpha value is -0.890. The minimum absolute atomic E-state index is 0.125. The lowest BCUT2D eigenvalue weighted by atomic mass is 10.0. The molecular weight excluding hydrogens is 201 g/mol. The van der Waals surface area contributed by atoms with Crippen LogP contribution in [-0.4, -0.2) is 12.6 Å². The highest BCUT2D eigenvalue weighted by Gasteiger charge is 2.03. The number of rotatable bonds is 6. The summed E-state index contributed by atoms with van der Waals surface area (Å²) >= 11 is 0. The van der Waals surface area contributed by atoms with Crippen LogP contribution >= 0.6 is 0 Å². The molecule has 1 nitrogen and oxygen atoms in total. The van der Waals surface area contributed by atoms with Gasteiger partial charge >= 0.3 is 0 Å². The number of halogens is 1. The van der Waals surface area contributed by atoms with E-state index in [4.69, 9.17) is 0 Å². The van der Waals surface area contributed by atoms with Crippen LogP contribution in [0.1, 0.15) is 37.8 Å². The lowest BCUT2D eigenvalue weighted by molar-refractivity contribution is 0.512. The van der Waals surface area contributed by atoms with Crippen LogP contribution < -0.4 is 5.32 Å². The lowest BCUT2D eigenvalue weighted by Gasteiger charge is -2.12. The van der Waals surface area contributed by atoms with Gasteiger partial charge in [0.15, 0.2) is 0 Å². The summed E-state index contributed by atoms with van der Waals surface area (Å²) in [5, 5.41) is 3.38. The van der Waals surface area contributed by atoms with Crippen LogP contribution in [0.15, 0.2) is 18.2 Å². The molecule has 0 aliphatic heterocycles. The van der Waals surface area contributed by atoms with Gasteiger partial charge in [-0.1, -0.05) is 13.0 Å². The maximum Gasteiger partial charge on any atom is 0.123 e. The standard InChI is InChI=1S/C14H22FN/c1-4-16-12(3)6-5-7-13-10-14(15)9-8-11(13)2/h8-10,12,16H,4-7H2,1-3H3. The second-order valence-corrected chi connectivity index (χ2v) is 4.42. The molecule has 0 amide bonds. The topological polar surface area (TPSA) is 12.0 Å². The van der Waals surface area contributed by atoms with Crippen LogP contribution in [0.5, 0.6) is 0 Å². The first-order chi connectivity index (χ1) is 7.63. The van der Waals surface area contributed by atoms with Gasteiger partial charge in [0.1, 0.15) is 5.82 Å². The molecular formula is C14H22FN. The zero-order valence-corrected chi connectivity index (χ0v) is 10.5. The van der Waals surface area contributed by atoms with Gasteiger partial charge in [0.2, 0.25) is 0 Å². The molecule has 90 valence electrons. The minimum atomic E-state index is -0.125. The van der Waals surface area contributed by atoms with Gasteiger partial charge in [-0.2, -0.15) is 0 Å². The first-order valence-corrected chi connectivity index (χ1v) is 6.12. The Labute approximate surface area is 98.1 Å². The fourth-order valence-electron chi connectivity index (χ4n) is 1.96. The van der Waals surface area contributed by atoms with Gasteiger partial charge in [-0.25, -0.2) is 4.39 Å². The monoisotopic (exact) mass is 223 g/mol. The molecule has 0 heterocycles. The normalized spacial score (nSPS) is 12.8. The van der Waals surface area contributed by atoms with Crippen LogP contribution in [-0.2, 0) is 6.42 Å². The highest BCUT2D eigenvalue weighted by molar-refractivity contribution is 5.26. The second kappa shape index (κ2) is 6.64. The molecule has 0 radical (unpaired) electrons. The van der Waals surface area contributed by atoms with Crippen molar-refractivity contribution in [1.29, 1.82) is 0 Å². The number of nitrogens with one attached hydrogen (secondary N) is 1. The first kappa shape index (κ1) is 13.2. The summed E-state index contributed by atoms with van der Waals surface area (Å²) in [5.41, 5.74) is 2.33. The van der Waals surface area contributed by atoms with E-state index in [2.05, 4.69) is 19.2 Å². The third-order valence-electron chi connectivity index (χ3n) is 2.95. The largest absolute Gasteiger partial charge is 0.315 e. The van der Waals surface area contributed by atoms with E-state index < -0.39 is 0 Å². The Morgan fingerprint density at radius 2 is 2.12 bits per heavy atom. The van der Waals surface area contributed by atoms with Gasteiger partial charge in [0.05, 0.1) is 0 Å². The van der Waals surface area contributed by atoms with Crippen LogP contribution in [0.25, 0.3) is 0 Å². The van der Waals surface area contributed by atoms with Gasteiger partial charge in [0.25, 0.3) is 0 Å². The zero-order valence-electron chi connectivity index (χ0n) is 10.5. The molecule has 0 aromatic heterocycles. The smallest absolute Gasteiger partial charge is 0.123 e. The molecule has 0 bridgehead atoms. The molecule has 16 heavy (non-hydrogen) atoms. The Balaban J connectivity index is 2.39. The van der Waals surface area contributed by atoms with Crippen LogP contribution in [0.4, 0.5) is 4.39 Å². The van der Waals surface area contributed by atoms with E-state index in [1.807, 2.05) is 13.0 Å². The molecule has 0 saturated carbocycles. The molecule has 1 unspecified atom stereocenters. The van der Waals surface area contributed by atoms with E-state index in [0.29, 0.717) is 6.04 Å². The molecule has 1 aromatic rings. The zero-order chi connectivity index (χ0) is 12.0. The minimum Gasteiger partial charge on any atom is -0.315 e. The van der Waals surface area contributed by atoms with Crippen molar-refractivity contribution in [2.75, 3.05) is 6.54 Å². The third kappa shape index (κ3) is 4.31. The van der Waals surface area contributed by atoms with E-state index in [0.717, 1.165) is 31.4 Å². The third-order valence-corrected chi connectivity index (χ3v) is 2.95. The van der Waals surface area contributed by atoms with Crippen molar-refractivity contribution in [2.45, 2.75) is 46.1 Å². The Kier molecular flexibility index (Phi) is 5.47. The molecule has 1 rings (SSSR count).